The molecule has 206 valence electrons. The average molecular weight is 661 g/mol. The van der Waals surface area contributed by atoms with Gasteiger partial charge in [0.1, 0.15) is 0 Å². The van der Waals surface area contributed by atoms with Gasteiger partial charge in [0.25, 0.3) is 0 Å². The Morgan fingerprint density at radius 1 is 0.444 bits per heavy atom. The van der Waals surface area contributed by atoms with Gasteiger partial charge >= 0.3 is 0 Å². The fourth-order valence-corrected chi connectivity index (χ4v) is 8.29. The van der Waals surface area contributed by atoms with Crippen LogP contribution in [0.3, 0.4) is 0 Å². The maximum Gasteiger partial charge on any atom is 0.0736 e. The third-order valence-electron chi connectivity index (χ3n) is 7.54. The first-order valence-electron chi connectivity index (χ1n) is 15.2. The summed E-state index contributed by atoms with van der Waals surface area (Å²) in [6, 6.07) is 0. The fraction of sp³-hybridized carbons (Fsp3) is 0.750. The maximum absolute atomic E-state index is 3.89. The minimum absolute atomic E-state index is 1.21. The van der Waals surface area contributed by atoms with E-state index in [1.54, 1.807) is 11.1 Å². The first-order valence-corrected chi connectivity index (χ1v) is 18.6. The second-order valence-electron chi connectivity index (χ2n) is 10.7. The van der Waals surface area contributed by atoms with Crippen LogP contribution in [0.1, 0.15) is 153 Å². The van der Waals surface area contributed by atoms with Crippen LogP contribution < -0.4 is 0 Å². The Balaban J connectivity index is 1.71. The largest absolute Gasteiger partial charge is 0.136 e. The summed E-state index contributed by atoms with van der Waals surface area (Å²) in [6.45, 7) is 4.60. The number of hydrogen-bond acceptors (Lipinski definition) is 2. The summed E-state index contributed by atoms with van der Waals surface area (Å²) in [5.41, 5.74) is 6.09. The summed E-state index contributed by atoms with van der Waals surface area (Å²) in [7, 11) is 0. The Hall–Kier alpha value is 0.360. The molecule has 0 saturated heterocycles. The van der Waals surface area contributed by atoms with Gasteiger partial charge in [0.2, 0.25) is 0 Å². The third-order valence-corrected chi connectivity index (χ3v) is 11.2. The minimum atomic E-state index is 1.21. The van der Waals surface area contributed by atoms with Crippen LogP contribution >= 0.6 is 54.5 Å². The standard InChI is InChI=1S/C32H52Br2S2/c1-3-5-7-9-11-13-15-17-19-21-23-27-29(25-35-31(27)33)30-26-36-32(34)28(30)24-22-20-18-16-14-12-10-8-6-4-2/h25-26H,3-24H2,1-2H3. The van der Waals surface area contributed by atoms with Gasteiger partial charge in [-0.15, -0.1) is 22.7 Å². The lowest BCUT2D eigenvalue weighted by Gasteiger charge is -2.09. The number of hydrogen-bond donors (Lipinski definition) is 0. The van der Waals surface area contributed by atoms with E-state index in [0.29, 0.717) is 0 Å². The van der Waals surface area contributed by atoms with Crippen molar-refractivity contribution in [3.8, 4) is 11.1 Å². The molecular formula is C32H52Br2S2. The van der Waals surface area contributed by atoms with Crippen molar-refractivity contribution in [2.75, 3.05) is 0 Å². The molecule has 0 nitrogen and oxygen atoms in total. The van der Waals surface area contributed by atoms with Crippen LogP contribution in [0.2, 0.25) is 0 Å². The highest BCUT2D eigenvalue weighted by molar-refractivity contribution is 9.11. The van der Waals surface area contributed by atoms with Crippen molar-refractivity contribution >= 4 is 54.5 Å². The number of halogens is 2. The normalized spacial score (nSPS) is 11.6. The van der Waals surface area contributed by atoms with E-state index in [1.807, 2.05) is 22.7 Å². The van der Waals surface area contributed by atoms with E-state index in [4.69, 9.17) is 0 Å². The summed E-state index contributed by atoms with van der Waals surface area (Å²) in [6.07, 6.45) is 30.5. The van der Waals surface area contributed by atoms with Gasteiger partial charge in [0.15, 0.2) is 0 Å². The molecule has 0 N–H and O–H groups in total. The number of thiophene rings is 2. The van der Waals surface area contributed by atoms with Crippen molar-refractivity contribution in [3.63, 3.8) is 0 Å². The van der Waals surface area contributed by atoms with Crippen molar-refractivity contribution in [1.82, 2.24) is 0 Å². The molecule has 0 aliphatic rings. The molecule has 36 heavy (non-hydrogen) atoms. The highest BCUT2D eigenvalue weighted by Gasteiger charge is 2.17. The van der Waals surface area contributed by atoms with Crippen LogP contribution in [0.4, 0.5) is 0 Å². The molecule has 0 bridgehead atoms. The summed E-state index contributed by atoms with van der Waals surface area (Å²) >= 11 is 11.5. The molecule has 2 aromatic rings. The summed E-state index contributed by atoms with van der Waals surface area (Å²) < 4.78 is 2.70. The van der Waals surface area contributed by atoms with Gasteiger partial charge < -0.3 is 0 Å². The first-order chi connectivity index (χ1) is 17.7. The Kier molecular flexibility index (Phi) is 19.2. The Bertz CT molecular complexity index is 726. The molecule has 0 unspecified atom stereocenters. The predicted octanol–water partition coefficient (Wildman–Crippen LogP) is 13.9. The Morgan fingerprint density at radius 2 is 0.722 bits per heavy atom. The van der Waals surface area contributed by atoms with E-state index in [2.05, 4.69) is 56.5 Å². The quantitative estimate of drug-likeness (QED) is 0.104. The molecule has 0 fully saturated rings. The van der Waals surface area contributed by atoms with E-state index in [-0.39, 0.29) is 0 Å². The molecule has 0 aliphatic heterocycles. The maximum atomic E-state index is 3.89. The lowest BCUT2D eigenvalue weighted by atomic mass is 9.96. The van der Waals surface area contributed by atoms with E-state index >= 15 is 0 Å². The van der Waals surface area contributed by atoms with E-state index < -0.39 is 0 Å². The van der Waals surface area contributed by atoms with Gasteiger partial charge in [-0.05, 0) is 79.8 Å². The number of unbranched alkanes of at least 4 members (excludes halogenated alkanes) is 18. The van der Waals surface area contributed by atoms with Crippen LogP contribution in [-0.4, -0.2) is 0 Å². The van der Waals surface area contributed by atoms with Crippen LogP contribution in [0.15, 0.2) is 18.3 Å². The van der Waals surface area contributed by atoms with Crippen molar-refractivity contribution < 1.29 is 0 Å². The third kappa shape index (κ3) is 12.9. The molecule has 0 radical (unpaired) electrons. The van der Waals surface area contributed by atoms with Gasteiger partial charge in [-0.25, -0.2) is 0 Å². The molecule has 0 atom stereocenters. The predicted molar refractivity (Wildman–Crippen MR) is 174 cm³/mol. The molecule has 2 aromatic heterocycles. The summed E-state index contributed by atoms with van der Waals surface area (Å²) in [5, 5.41) is 4.79. The van der Waals surface area contributed by atoms with E-state index in [9.17, 15) is 0 Å². The lowest BCUT2D eigenvalue weighted by Crippen LogP contribution is -1.92. The van der Waals surface area contributed by atoms with Crippen molar-refractivity contribution in [3.05, 3.63) is 29.5 Å². The zero-order valence-corrected chi connectivity index (χ0v) is 28.1. The van der Waals surface area contributed by atoms with E-state index in [1.165, 1.54) is 160 Å². The Morgan fingerprint density at radius 3 is 1.03 bits per heavy atom. The molecule has 2 rings (SSSR count). The van der Waals surface area contributed by atoms with E-state index in [0.717, 1.165) is 0 Å². The van der Waals surface area contributed by atoms with Gasteiger partial charge in [-0.2, -0.15) is 0 Å². The van der Waals surface area contributed by atoms with Gasteiger partial charge in [0.05, 0.1) is 7.57 Å². The highest BCUT2D eigenvalue weighted by Crippen LogP contribution is 2.42. The Labute approximate surface area is 248 Å². The minimum Gasteiger partial charge on any atom is -0.136 e. The fourth-order valence-electron chi connectivity index (χ4n) is 5.21. The summed E-state index contributed by atoms with van der Waals surface area (Å²) in [4.78, 5) is 0. The van der Waals surface area contributed by atoms with Crippen LogP contribution in [-0.2, 0) is 12.8 Å². The monoisotopic (exact) mass is 658 g/mol. The molecular weight excluding hydrogens is 608 g/mol. The molecule has 0 aromatic carbocycles. The second-order valence-corrected chi connectivity index (χ2v) is 15.1. The van der Waals surface area contributed by atoms with Crippen molar-refractivity contribution in [2.45, 2.75) is 155 Å². The molecule has 0 amide bonds. The smallest absolute Gasteiger partial charge is 0.0736 e. The second kappa shape index (κ2) is 21.2. The zero-order chi connectivity index (χ0) is 25.8. The molecule has 2 heterocycles. The lowest BCUT2D eigenvalue weighted by molar-refractivity contribution is 0.556. The van der Waals surface area contributed by atoms with Gasteiger partial charge in [-0.3, -0.25) is 0 Å². The van der Waals surface area contributed by atoms with Crippen molar-refractivity contribution in [1.29, 1.82) is 0 Å². The van der Waals surface area contributed by atoms with Gasteiger partial charge in [0, 0.05) is 10.8 Å². The van der Waals surface area contributed by atoms with Crippen LogP contribution in [0.25, 0.3) is 11.1 Å². The average Bonchev–Trinajstić information content (AvgIpc) is 3.43. The van der Waals surface area contributed by atoms with Crippen LogP contribution in [0.5, 0.6) is 0 Å². The first kappa shape index (κ1) is 32.6. The van der Waals surface area contributed by atoms with Crippen molar-refractivity contribution in [2.24, 2.45) is 0 Å². The number of rotatable bonds is 23. The summed E-state index contributed by atoms with van der Waals surface area (Å²) in [5.74, 6) is 0. The topological polar surface area (TPSA) is 0 Å². The highest BCUT2D eigenvalue weighted by atomic mass is 79.9. The van der Waals surface area contributed by atoms with Crippen LogP contribution in [0, 0.1) is 0 Å². The molecule has 0 aliphatic carbocycles. The SMILES string of the molecule is CCCCCCCCCCCCc1c(-c2csc(Br)c2CCCCCCCCCCCC)csc1Br. The molecule has 4 heteroatoms. The van der Waals surface area contributed by atoms with Gasteiger partial charge in [-0.1, -0.05) is 129 Å². The molecule has 0 saturated carbocycles. The zero-order valence-electron chi connectivity index (χ0n) is 23.3. The molecule has 0 spiro atoms.